The van der Waals surface area contributed by atoms with E-state index in [1.165, 1.54) is 32.2 Å². The van der Waals surface area contributed by atoms with Gasteiger partial charge in [0, 0.05) is 25.7 Å². The number of hydrogen-bond donors (Lipinski definition) is 1. The lowest BCUT2D eigenvalue weighted by Gasteiger charge is -2.45. The highest BCUT2D eigenvalue weighted by molar-refractivity contribution is 4.89. The zero-order valence-corrected chi connectivity index (χ0v) is 14.8. The molecule has 0 radical (unpaired) electrons. The van der Waals surface area contributed by atoms with Crippen LogP contribution in [0.1, 0.15) is 60.3 Å². The van der Waals surface area contributed by atoms with Gasteiger partial charge in [0.2, 0.25) is 0 Å². The molecule has 21 heavy (non-hydrogen) atoms. The number of morpholine rings is 1. The van der Waals surface area contributed by atoms with E-state index in [-0.39, 0.29) is 5.60 Å². The van der Waals surface area contributed by atoms with Crippen LogP contribution in [0.3, 0.4) is 0 Å². The van der Waals surface area contributed by atoms with Crippen molar-refractivity contribution in [2.24, 2.45) is 11.8 Å². The van der Waals surface area contributed by atoms with Gasteiger partial charge in [-0.1, -0.05) is 20.3 Å². The molecule has 1 saturated heterocycles. The number of nitrogens with zero attached hydrogens (tertiary/aromatic N) is 1. The summed E-state index contributed by atoms with van der Waals surface area (Å²) < 4.78 is 6.05. The standard InChI is InChI=1S/C18H36N2O/c1-6-15-8-9-17(19-7-2)16(10-15)12-20-11-14(3)21-18(4,5)13-20/h14-17,19H,6-13H2,1-5H3. The van der Waals surface area contributed by atoms with Crippen molar-refractivity contribution in [3.63, 3.8) is 0 Å². The molecule has 3 heteroatoms. The molecule has 1 saturated carbocycles. The van der Waals surface area contributed by atoms with Crippen LogP contribution in [0.2, 0.25) is 0 Å². The van der Waals surface area contributed by atoms with Crippen molar-refractivity contribution in [2.45, 2.75) is 78.0 Å². The quantitative estimate of drug-likeness (QED) is 0.842. The Labute approximate surface area is 131 Å². The second-order valence-electron chi connectivity index (χ2n) is 7.89. The summed E-state index contributed by atoms with van der Waals surface area (Å²) in [6.07, 6.45) is 5.88. The fraction of sp³-hybridized carbons (Fsp3) is 1.00. The lowest BCUT2D eigenvalue weighted by molar-refractivity contribution is -0.132. The molecular formula is C18H36N2O. The van der Waals surface area contributed by atoms with Gasteiger partial charge in [0.1, 0.15) is 0 Å². The van der Waals surface area contributed by atoms with E-state index in [0.29, 0.717) is 6.10 Å². The highest BCUT2D eigenvalue weighted by Crippen LogP contribution is 2.33. The number of rotatable bonds is 5. The molecule has 2 fully saturated rings. The van der Waals surface area contributed by atoms with Crippen LogP contribution >= 0.6 is 0 Å². The molecule has 0 bridgehead atoms. The van der Waals surface area contributed by atoms with Gasteiger partial charge in [0.25, 0.3) is 0 Å². The summed E-state index contributed by atoms with van der Waals surface area (Å²) in [6.45, 7) is 15.8. The van der Waals surface area contributed by atoms with Crippen LogP contribution in [0.4, 0.5) is 0 Å². The van der Waals surface area contributed by atoms with Gasteiger partial charge in [-0.05, 0) is 58.4 Å². The summed E-state index contributed by atoms with van der Waals surface area (Å²) in [7, 11) is 0. The predicted octanol–water partition coefficient (Wildman–Crippen LogP) is 3.29. The summed E-state index contributed by atoms with van der Waals surface area (Å²) in [5, 5.41) is 3.74. The molecule has 1 aliphatic heterocycles. The molecule has 0 amide bonds. The maximum Gasteiger partial charge on any atom is 0.0757 e. The highest BCUT2D eigenvalue weighted by Gasteiger charge is 2.35. The van der Waals surface area contributed by atoms with Gasteiger partial charge in [-0.25, -0.2) is 0 Å². The van der Waals surface area contributed by atoms with Crippen molar-refractivity contribution in [3.05, 3.63) is 0 Å². The molecule has 0 aromatic rings. The molecule has 1 aliphatic carbocycles. The molecule has 0 aromatic carbocycles. The van der Waals surface area contributed by atoms with E-state index in [1.807, 2.05) is 0 Å². The molecular weight excluding hydrogens is 260 g/mol. The molecule has 1 N–H and O–H groups in total. The number of nitrogens with one attached hydrogen (secondary N) is 1. The first kappa shape index (κ1) is 17.2. The second kappa shape index (κ2) is 7.43. The van der Waals surface area contributed by atoms with Gasteiger partial charge in [-0.3, -0.25) is 4.90 Å². The van der Waals surface area contributed by atoms with Crippen molar-refractivity contribution < 1.29 is 4.74 Å². The Hall–Kier alpha value is -0.120. The molecule has 124 valence electrons. The minimum absolute atomic E-state index is 0.00414. The third-order valence-electron chi connectivity index (χ3n) is 5.27. The van der Waals surface area contributed by atoms with Crippen LogP contribution in [0.5, 0.6) is 0 Å². The van der Waals surface area contributed by atoms with Crippen molar-refractivity contribution in [1.82, 2.24) is 10.2 Å². The average Bonchev–Trinajstić information content (AvgIpc) is 2.38. The SMILES string of the molecule is CCNC1CCC(CC)CC1CN1CC(C)OC(C)(C)C1. The van der Waals surface area contributed by atoms with Gasteiger partial charge >= 0.3 is 0 Å². The van der Waals surface area contributed by atoms with Crippen LogP contribution in [0.15, 0.2) is 0 Å². The number of ether oxygens (including phenoxy) is 1. The minimum atomic E-state index is 0.00414. The van der Waals surface area contributed by atoms with Crippen LogP contribution in [0, 0.1) is 11.8 Å². The van der Waals surface area contributed by atoms with Crippen LogP contribution in [-0.2, 0) is 4.74 Å². The molecule has 2 rings (SSSR count). The van der Waals surface area contributed by atoms with E-state index >= 15 is 0 Å². The van der Waals surface area contributed by atoms with Crippen LogP contribution in [-0.4, -0.2) is 48.8 Å². The van der Waals surface area contributed by atoms with Crippen LogP contribution < -0.4 is 5.32 Å². The average molecular weight is 296 g/mol. The van der Waals surface area contributed by atoms with Gasteiger partial charge in [0.15, 0.2) is 0 Å². The highest BCUT2D eigenvalue weighted by atomic mass is 16.5. The third-order valence-corrected chi connectivity index (χ3v) is 5.27. The molecule has 0 spiro atoms. The lowest BCUT2D eigenvalue weighted by Crippen LogP contribution is -2.55. The van der Waals surface area contributed by atoms with E-state index in [9.17, 15) is 0 Å². The molecule has 3 nitrogen and oxygen atoms in total. The van der Waals surface area contributed by atoms with Gasteiger partial charge in [-0.15, -0.1) is 0 Å². The molecule has 4 unspecified atom stereocenters. The van der Waals surface area contributed by atoms with E-state index in [2.05, 4.69) is 44.8 Å². The molecule has 2 aliphatic rings. The molecule has 4 atom stereocenters. The first-order valence-electron chi connectivity index (χ1n) is 9.07. The maximum atomic E-state index is 6.05. The zero-order valence-electron chi connectivity index (χ0n) is 14.8. The van der Waals surface area contributed by atoms with Gasteiger partial charge in [0.05, 0.1) is 11.7 Å². The van der Waals surface area contributed by atoms with E-state index in [0.717, 1.165) is 37.5 Å². The Morgan fingerprint density at radius 1 is 1.24 bits per heavy atom. The Balaban J connectivity index is 1.96. The Kier molecular flexibility index (Phi) is 6.10. The fourth-order valence-electron chi connectivity index (χ4n) is 4.52. The van der Waals surface area contributed by atoms with Crippen molar-refractivity contribution in [1.29, 1.82) is 0 Å². The normalized spacial score (nSPS) is 37.6. The minimum Gasteiger partial charge on any atom is -0.370 e. The lowest BCUT2D eigenvalue weighted by atomic mass is 9.76. The smallest absolute Gasteiger partial charge is 0.0757 e. The first-order valence-corrected chi connectivity index (χ1v) is 9.07. The summed E-state index contributed by atoms with van der Waals surface area (Å²) in [5.74, 6) is 1.75. The Morgan fingerprint density at radius 2 is 2.00 bits per heavy atom. The second-order valence-corrected chi connectivity index (χ2v) is 7.89. The maximum absolute atomic E-state index is 6.05. The monoisotopic (exact) mass is 296 g/mol. The summed E-state index contributed by atoms with van der Waals surface area (Å²) in [4.78, 5) is 2.65. The van der Waals surface area contributed by atoms with Gasteiger partial charge in [-0.2, -0.15) is 0 Å². The largest absolute Gasteiger partial charge is 0.370 e. The topological polar surface area (TPSA) is 24.5 Å². The Bertz CT molecular complexity index is 318. The third kappa shape index (κ3) is 4.94. The molecule has 1 heterocycles. The fourth-order valence-corrected chi connectivity index (χ4v) is 4.52. The molecule has 0 aromatic heterocycles. The van der Waals surface area contributed by atoms with E-state index < -0.39 is 0 Å². The van der Waals surface area contributed by atoms with Crippen molar-refractivity contribution in [2.75, 3.05) is 26.2 Å². The van der Waals surface area contributed by atoms with Crippen molar-refractivity contribution >= 4 is 0 Å². The summed E-state index contributed by atoms with van der Waals surface area (Å²) in [6, 6.07) is 0.721. The zero-order chi connectivity index (χ0) is 15.5. The summed E-state index contributed by atoms with van der Waals surface area (Å²) in [5.41, 5.74) is 0.00414. The van der Waals surface area contributed by atoms with E-state index in [1.54, 1.807) is 0 Å². The summed E-state index contributed by atoms with van der Waals surface area (Å²) >= 11 is 0. The van der Waals surface area contributed by atoms with E-state index in [4.69, 9.17) is 4.74 Å². The number of hydrogen-bond acceptors (Lipinski definition) is 3. The van der Waals surface area contributed by atoms with Crippen LogP contribution in [0.25, 0.3) is 0 Å². The first-order chi connectivity index (χ1) is 9.93. The Morgan fingerprint density at radius 3 is 2.62 bits per heavy atom. The predicted molar refractivity (Wildman–Crippen MR) is 89.7 cm³/mol. The van der Waals surface area contributed by atoms with Crippen molar-refractivity contribution in [3.8, 4) is 0 Å². The van der Waals surface area contributed by atoms with Gasteiger partial charge < -0.3 is 10.1 Å².